The van der Waals surface area contributed by atoms with E-state index in [0.29, 0.717) is 11.3 Å². The molecule has 3 aliphatic carbocycles. The van der Waals surface area contributed by atoms with Gasteiger partial charge in [0.2, 0.25) is 0 Å². The highest BCUT2D eigenvalue weighted by Gasteiger charge is 2.45. The molecular formula is C17H22O4. The molecule has 1 heterocycles. The van der Waals surface area contributed by atoms with Crippen LogP contribution >= 0.6 is 0 Å². The van der Waals surface area contributed by atoms with Crippen LogP contribution < -0.4 is 0 Å². The number of hydrogen-bond acceptors (Lipinski definition) is 4. The molecule has 0 aromatic carbocycles. The minimum absolute atomic E-state index is 0.131. The van der Waals surface area contributed by atoms with Gasteiger partial charge in [-0.25, -0.2) is 4.79 Å². The van der Waals surface area contributed by atoms with Gasteiger partial charge in [0.05, 0.1) is 18.6 Å². The number of aliphatic hydroxyl groups is 1. The van der Waals surface area contributed by atoms with E-state index >= 15 is 0 Å². The molecule has 3 atom stereocenters. The van der Waals surface area contributed by atoms with Crippen LogP contribution in [-0.4, -0.2) is 23.8 Å². The van der Waals surface area contributed by atoms with Gasteiger partial charge in [-0.3, -0.25) is 0 Å². The van der Waals surface area contributed by atoms with Crippen LogP contribution in [0.25, 0.3) is 0 Å². The van der Waals surface area contributed by atoms with Crippen LogP contribution in [0, 0.1) is 12.8 Å². The Morgan fingerprint density at radius 2 is 2.10 bits per heavy atom. The van der Waals surface area contributed by atoms with Gasteiger partial charge < -0.3 is 14.3 Å². The average molecular weight is 290 g/mol. The Bertz CT molecular complexity index is 603. The predicted molar refractivity (Wildman–Crippen MR) is 78.4 cm³/mol. The summed E-state index contributed by atoms with van der Waals surface area (Å²) in [6, 6.07) is 0. The van der Waals surface area contributed by atoms with Crippen molar-refractivity contribution in [1.29, 1.82) is 0 Å². The van der Waals surface area contributed by atoms with E-state index in [9.17, 15) is 9.90 Å². The zero-order chi connectivity index (χ0) is 15.4. The first-order valence-electron chi connectivity index (χ1n) is 7.46. The molecule has 0 saturated carbocycles. The predicted octanol–water partition coefficient (Wildman–Crippen LogP) is 3.29. The summed E-state index contributed by atoms with van der Waals surface area (Å²) in [7, 11) is 1.39. The van der Waals surface area contributed by atoms with Crippen LogP contribution in [-0.2, 0) is 4.74 Å². The van der Waals surface area contributed by atoms with E-state index in [-0.39, 0.29) is 23.7 Å². The van der Waals surface area contributed by atoms with Crippen molar-refractivity contribution < 1.29 is 19.1 Å². The van der Waals surface area contributed by atoms with Crippen molar-refractivity contribution in [2.45, 2.75) is 51.0 Å². The molecule has 21 heavy (non-hydrogen) atoms. The summed E-state index contributed by atoms with van der Waals surface area (Å²) in [6.07, 6.45) is 6.30. The van der Waals surface area contributed by atoms with E-state index in [1.165, 1.54) is 7.11 Å². The first-order valence-corrected chi connectivity index (χ1v) is 7.46. The van der Waals surface area contributed by atoms with Crippen molar-refractivity contribution >= 4 is 5.97 Å². The SMILES string of the molecule is COC(=O)c1c(C)oc2c1C1C=CC(CC1)C2C(C)(C)O. The Morgan fingerprint density at radius 1 is 1.38 bits per heavy atom. The van der Waals surface area contributed by atoms with E-state index < -0.39 is 5.60 Å². The highest BCUT2D eigenvalue weighted by Crippen LogP contribution is 2.51. The highest BCUT2D eigenvalue weighted by atomic mass is 16.5. The first-order chi connectivity index (χ1) is 9.84. The molecule has 4 nitrogen and oxygen atoms in total. The van der Waals surface area contributed by atoms with Crippen LogP contribution in [0.4, 0.5) is 0 Å². The molecule has 3 aliphatic rings. The molecular weight excluding hydrogens is 268 g/mol. The van der Waals surface area contributed by atoms with Crippen molar-refractivity contribution in [3.8, 4) is 0 Å². The van der Waals surface area contributed by atoms with E-state index in [1.807, 2.05) is 13.8 Å². The molecule has 0 fully saturated rings. The topological polar surface area (TPSA) is 59.7 Å². The molecule has 114 valence electrons. The third-order valence-corrected chi connectivity index (χ3v) is 4.78. The zero-order valence-corrected chi connectivity index (χ0v) is 13.0. The number of carbonyl (C=O) groups excluding carboxylic acids is 1. The summed E-state index contributed by atoms with van der Waals surface area (Å²) in [4.78, 5) is 12.1. The minimum Gasteiger partial charge on any atom is -0.465 e. The minimum atomic E-state index is -0.902. The largest absolute Gasteiger partial charge is 0.465 e. The fourth-order valence-electron chi connectivity index (χ4n) is 3.94. The first kappa shape index (κ1) is 14.4. The number of aryl methyl sites for hydroxylation is 1. The molecule has 3 unspecified atom stereocenters. The van der Waals surface area contributed by atoms with Crippen LogP contribution in [0.15, 0.2) is 16.6 Å². The Morgan fingerprint density at radius 3 is 2.62 bits per heavy atom. The van der Waals surface area contributed by atoms with Crippen LogP contribution in [0.2, 0.25) is 0 Å². The van der Waals surface area contributed by atoms with Crippen molar-refractivity contribution in [2.75, 3.05) is 7.11 Å². The monoisotopic (exact) mass is 290 g/mol. The highest BCUT2D eigenvalue weighted by molar-refractivity contribution is 5.93. The third-order valence-electron chi connectivity index (χ3n) is 4.78. The van der Waals surface area contributed by atoms with Crippen molar-refractivity contribution in [3.05, 3.63) is 34.8 Å². The maximum atomic E-state index is 12.1. The van der Waals surface area contributed by atoms with Crippen molar-refractivity contribution in [1.82, 2.24) is 0 Å². The lowest BCUT2D eigenvalue weighted by Gasteiger charge is -2.32. The van der Waals surface area contributed by atoms with Crippen LogP contribution in [0.3, 0.4) is 0 Å². The van der Waals surface area contributed by atoms with Gasteiger partial charge in [-0.15, -0.1) is 0 Å². The third kappa shape index (κ3) is 2.13. The Hall–Kier alpha value is -1.55. The molecule has 0 aliphatic heterocycles. The molecule has 0 saturated heterocycles. The summed E-state index contributed by atoms with van der Waals surface area (Å²) in [5.74, 6) is 1.28. The molecule has 0 amide bonds. The maximum absolute atomic E-state index is 12.1. The maximum Gasteiger partial charge on any atom is 0.341 e. The Balaban J connectivity index is 2.25. The average Bonchev–Trinajstić information content (AvgIpc) is 2.58. The lowest BCUT2D eigenvalue weighted by molar-refractivity contribution is 0.0257. The van der Waals surface area contributed by atoms with Gasteiger partial charge in [0, 0.05) is 11.5 Å². The number of hydrogen-bond donors (Lipinski definition) is 1. The van der Waals surface area contributed by atoms with Crippen molar-refractivity contribution in [2.24, 2.45) is 5.92 Å². The van der Waals surface area contributed by atoms with E-state index in [4.69, 9.17) is 9.15 Å². The van der Waals surface area contributed by atoms with Crippen molar-refractivity contribution in [3.63, 3.8) is 0 Å². The molecule has 0 radical (unpaired) electrons. The number of ether oxygens (including phenoxy) is 1. The number of esters is 1. The number of allylic oxidation sites excluding steroid dienone is 2. The van der Waals surface area contributed by atoms with E-state index in [2.05, 4.69) is 12.2 Å². The standard InChI is InChI=1S/C17H22O4/c1-9-12(16(18)20-4)13-10-5-7-11(8-6-10)14(15(13)21-9)17(2,3)19/h5,7,10-11,14,19H,6,8H2,1-4H3. The van der Waals surface area contributed by atoms with Gasteiger partial charge in [-0.1, -0.05) is 12.2 Å². The Kier molecular flexibility index (Phi) is 3.24. The second-order valence-corrected chi connectivity index (χ2v) is 6.67. The summed E-state index contributed by atoms with van der Waals surface area (Å²) in [5.41, 5.74) is 0.558. The fraction of sp³-hybridized carbons (Fsp3) is 0.588. The molecule has 1 N–H and O–H groups in total. The van der Waals surface area contributed by atoms with Gasteiger partial charge >= 0.3 is 5.97 Å². The zero-order valence-electron chi connectivity index (χ0n) is 13.0. The number of carbonyl (C=O) groups is 1. The number of rotatable bonds is 2. The Labute approximate surface area is 124 Å². The molecule has 1 aromatic rings. The van der Waals surface area contributed by atoms with Gasteiger partial charge in [-0.05, 0) is 39.5 Å². The summed E-state index contributed by atoms with van der Waals surface area (Å²) >= 11 is 0. The molecule has 4 heteroatoms. The number of methoxy groups -OCH3 is 1. The van der Waals surface area contributed by atoms with Crippen LogP contribution in [0.5, 0.6) is 0 Å². The second-order valence-electron chi connectivity index (χ2n) is 6.67. The summed E-state index contributed by atoms with van der Waals surface area (Å²) in [6.45, 7) is 5.41. The van der Waals surface area contributed by atoms with Gasteiger partial charge in [-0.2, -0.15) is 0 Å². The van der Waals surface area contributed by atoms with E-state index in [1.54, 1.807) is 6.92 Å². The number of fused-ring (bicyclic) bond motifs is 1. The lowest BCUT2D eigenvalue weighted by Crippen LogP contribution is -2.33. The van der Waals surface area contributed by atoms with Gasteiger partial charge in [0.15, 0.2) is 0 Å². The second kappa shape index (κ2) is 4.73. The quantitative estimate of drug-likeness (QED) is 0.670. The fourth-order valence-corrected chi connectivity index (χ4v) is 3.94. The normalized spacial score (nSPS) is 27.4. The molecule has 2 bridgehead atoms. The molecule has 1 aromatic heterocycles. The lowest BCUT2D eigenvalue weighted by atomic mass is 9.76. The molecule has 0 spiro atoms. The van der Waals surface area contributed by atoms with E-state index in [0.717, 1.165) is 24.2 Å². The smallest absolute Gasteiger partial charge is 0.341 e. The van der Waals surface area contributed by atoms with Crippen LogP contribution in [0.1, 0.15) is 66.0 Å². The van der Waals surface area contributed by atoms with Gasteiger partial charge in [0.25, 0.3) is 0 Å². The number of furan rings is 1. The summed E-state index contributed by atoms with van der Waals surface area (Å²) < 4.78 is 10.9. The summed E-state index contributed by atoms with van der Waals surface area (Å²) in [5, 5.41) is 10.6. The van der Waals surface area contributed by atoms with Gasteiger partial charge in [0.1, 0.15) is 17.1 Å². The molecule has 4 rings (SSSR count).